The van der Waals surface area contributed by atoms with Gasteiger partial charge in [-0.3, -0.25) is 9.59 Å². The number of imide groups is 1. The van der Waals surface area contributed by atoms with E-state index in [0.29, 0.717) is 21.6 Å². The fourth-order valence-corrected chi connectivity index (χ4v) is 4.44. The molecule has 0 saturated heterocycles. The third-order valence-corrected chi connectivity index (χ3v) is 5.93. The van der Waals surface area contributed by atoms with E-state index in [2.05, 4.69) is 4.98 Å². The number of benzene rings is 1. The molecule has 128 valence electrons. The minimum absolute atomic E-state index is 0.243. The van der Waals surface area contributed by atoms with E-state index >= 15 is 0 Å². The molecule has 1 aromatic heterocycles. The van der Waals surface area contributed by atoms with Crippen LogP contribution in [0.15, 0.2) is 24.3 Å². The predicted octanol–water partition coefficient (Wildman–Crippen LogP) is 3.48. The smallest absolute Gasteiger partial charge is 0.323 e. The second-order valence-electron chi connectivity index (χ2n) is 6.28. The lowest BCUT2D eigenvalue weighted by molar-refractivity contribution is -0.0581. The number of aromatic nitrogens is 1. The highest BCUT2D eigenvalue weighted by atomic mass is 32.1. The molecule has 1 aliphatic heterocycles. The quantitative estimate of drug-likeness (QED) is 0.787. The maximum Gasteiger partial charge on any atom is 0.375 e. The number of carbonyl (C=O) groups is 3. The minimum atomic E-state index is -0.714. The summed E-state index contributed by atoms with van der Waals surface area (Å²) in [6.45, 7) is 1.74. The molecule has 0 bridgehead atoms. The minimum Gasteiger partial charge on any atom is -0.323 e. The molecule has 1 aromatic carbocycles. The van der Waals surface area contributed by atoms with Crippen molar-refractivity contribution in [3.05, 3.63) is 51.0 Å². The number of amides is 2. The number of carbonyl (C=O) groups excluding carboxylic acids is 3. The van der Waals surface area contributed by atoms with E-state index in [9.17, 15) is 14.4 Å². The Morgan fingerprint density at radius 1 is 1.16 bits per heavy atom. The van der Waals surface area contributed by atoms with Gasteiger partial charge in [0.2, 0.25) is 0 Å². The molecule has 0 atom stereocenters. The average Bonchev–Trinajstić information content (AvgIpc) is 3.31. The standard InChI is InChI=1S/C18H16N2O4S/c1-10-14(25-15(19-10)11-6-2-3-7-11)18(23)24-20-16(21)12-8-4-5-9-13(12)17(20)22/h4-5,8-9,11H,2-3,6-7H2,1H3. The molecular formula is C18H16N2O4S. The largest absolute Gasteiger partial charge is 0.375 e. The third-order valence-electron chi connectivity index (χ3n) is 4.63. The van der Waals surface area contributed by atoms with Gasteiger partial charge in [0.15, 0.2) is 0 Å². The van der Waals surface area contributed by atoms with Crippen LogP contribution < -0.4 is 0 Å². The number of thiazole rings is 1. The first kappa shape index (κ1) is 16.0. The summed E-state index contributed by atoms with van der Waals surface area (Å²) in [6, 6.07) is 6.41. The van der Waals surface area contributed by atoms with Crippen LogP contribution in [0, 0.1) is 6.92 Å². The Labute approximate surface area is 148 Å². The molecule has 1 aliphatic carbocycles. The second-order valence-corrected chi connectivity index (χ2v) is 7.31. The highest BCUT2D eigenvalue weighted by Gasteiger charge is 2.39. The predicted molar refractivity (Wildman–Crippen MR) is 90.4 cm³/mol. The van der Waals surface area contributed by atoms with Gasteiger partial charge in [-0.1, -0.05) is 30.0 Å². The number of hydrogen-bond acceptors (Lipinski definition) is 6. The molecule has 2 heterocycles. The van der Waals surface area contributed by atoms with Crippen LogP contribution in [-0.4, -0.2) is 27.8 Å². The van der Waals surface area contributed by atoms with Crippen LogP contribution in [0.3, 0.4) is 0 Å². The zero-order chi connectivity index (χ0) is 17.6. The number of fused-ring (bicyclic) bond motifs is 1. The summed E-state index contributed by atoms with van der Waals surface area (Å²) in [7, 11) is 0. The Morgan fingerprint density at radius 3 is 2.36 bits per heavy atom. The topological polar surface area (TPSA) is 76.6 Å². The summed E-state index contributed by atoms with van der Waals surface area (Å²) >= 11 is 1.30. The molecule has 1 saturated carbocycles. The Balaban J connectivity index is 1.55. The lowest BCUT2D eigenvalue weighted by Crippen LogP contribution is -2.32. The molecule has 2 amide bonds. The first-order valence-electron chi connectivity index (χ1n) is 8.23. The molecule has 2 aromatic rings. The molecule has 4 rings (SSSR count). The number of aryl methyl sites for hydroxylation is 1. The van der Waals surface area contributed by atoms with Gasteiger partial charge in [-0.25, -0.2) is 9.78 Å². The van der Waals surface area contributed by atoms with Crippen LogP contribution in [0.4, 0.5) is 0 Å². The van der Waals surface area contributed by atoms with E-state index < -0.39 is 17.8 Å². The van der Waals surface area contributed by atoms with Crippen LogP contribution >= 0.6 is 11.3 Å². The molecule has 0 N–H and O–H groups in total. The number of rotatable bonds is 3. The van der Waals surface area contributed by atoms with E-state index in [1.165, 1.54) is 24.2 Å². The molecule has 0 unspecified atom stereocenters. The summed E-state index contributed by atoms with van der Waals surface area (Å²) in [4.78, 5) is 47.0. The SMILES string of the molecule is Cc1nc(C2CCCC2)sc1C(=O)ON1C(=O)c2ccccc2C1=O. The van der Waals surface area contributed by atoms with Crippen molar-refractivity contribution in [1.82, 2.24) is 10.0 Å². The van der Waals surface area contributed by atoms with Crippen LogP contribution in [0.1, 0.15) is 72.7 Å². The van der Waals surface area contributed by atoms with Gasteiger partial charge in [0.1, 0.15) is 4.88 Å². The number of hydroxylamine groups is 2. The molecule has 0 radical (unpaired) electrons. The van der Waals surface area contributed by atoms with Gasteiger partial charge in [0, 0.05) is 5.92 Å². The maximum atomic E-state index is 12.5. The maximum absolute atomic E-state index is 12.5. The van der Waals surface area contributed by atoms with Crippen molar-refractivity contribution in [1.29, 1.82) is 0 Å². The first-order chi connectivity index (χ1) is 12.1. The van der Waals surface area contributed by atoms with Crippen molar-refractivity contribution in [3.8, 4) is 0 Å². The fraction of sp³-hybridized carbons (Fsp3) is 0.333. The van der Waals surface area contributed by atoms with Crippen LogP contribution in [0.5, 0.6) is 0 Å². The third kappa shape index (κ3) is 2.64. The summed E-state index contributed by atoms with van der Waals surface area (Å²) in [5.74, 6) is -1.56. The van der Waals surface area contributed by atoms with Crippen molar-refractivity contribution >= 4 is 29.1 Å². The Morgan fingerprint density at radius 2 is 1.76 bits per heavy atom. The van der Waals surface area contributed by atoms with E-state index in [4.69, 9.17) is 4.84 Å². The molecule has 1 fully saturated rings. The average molecular weight is 356 g/mol. The van der Waals surface area contributed by atoms with E-state index in [-0.39, 0.29) is 11.1 Å². The summed E-state index contributed by atoms with van der Waals surface area (Å²) in [5.41, 5.74) is 1.06. The van der Waals surface area contributed by atoms with Crippen molar-refractivity contribution in [3.63, 3.8) is 0 Å². The second kappa shape index (κ2) is 6.07. The van der Waals surface area contributed by atoms with Gasteiger partial charge in [0.05, 0.1) is 21.8 Å². The number of hydrogen-bond donors (Lipinski definition) is 0. The van der Waals surface area contributed by atoms with Gasteiger partial charge in [-0.05, 0) is 31.9 Å². The lowest BCUT2D eigenvalue weighted by atomic mass is 10.1. The summed E-state index contributed by atoms with van der Waals surface area (Å²) in [6.07, 6.45) is 4.52. The zero-order valence-electron chi connectivity index (χ0n) is 13.7. The first-order valence-corrected chi connectivity index (χ1v) is 9.05. The highest BCUT2D eigenvalue weighted by Crippen LogP contribution is 2.37. The Kier molecular flexibility index (Phi) is 3.88. The Hall–Kier alpha value is -2.54. The summed E-state index contributed by atoms with van der Waals surface area (Å²) < 4.78 is 0. The van der Waals surface area contributed by atoms with E-state index in [0.717, 1.165) is 17.8 Å². The zero-order valence-corrected chi connectivity index (χ0v) is 14.5. The molecular weight excluding hydrogens is 340 g/mol. The molecule has 0 spiro atoms. The Bertz CT molecular complexity index is 848. The normalized spacial score (nSPS) is 17.2. The van der Waals surface area contributed by atoms with Crippen molar-refractivity contribution in [2.45, 2.75) is 38.5 Å². The van der Waals surface area contributed by atoms with Gasteiger partial charge in [-0.15, -0.1) is 11.3 Å². The number of nitrogens with zero attached hydrogens (tertiary/aromatic N) is 2. The van der Waals surface area contributed by atoms with Crippen LogP contribution in [0.25, 0.3) is 0 Å². The fourth-order valence-electron chi connectivity index (χ4n) is 3.33. The lowest BCUT2D eigenvalue weighted by Gasteiger charge is -2.11. The molecule has 2 aliphatic rings. The monoisotopic (exact) mass is 356 g/mol. The van der Waals surface area contributed by atoms with Crippen molar-refractivity contribution in [2.75, 3.05) is 0 Å². The van der Waals surface area contributed by atoms with Crippen LogP contribution in [0.2, 0.25) is 0 Å². The molecule has 25 heavy (non-hydrogen) atoms. The van der Waals surface area contributed by atoms with E-state index in [1.807, 2.05) is 0 Å². The highest BCUT2D eigenvalue weighted by molar-refractivity contribution is 7.13. The van der Waals surface area contributed by atoms with Gasteiger partial charge in [-0.2, -0.15) is 0 Å². The molecule has 6 nitrogen and oxygen atoms in total. The van der Waals surface area contributed by atoms with Gasteiger partial charge >= 0.3 is 5.97 Å². The van der Waals surface area contributed by atoms with Crippen LogP contribution in [-0.2, 0) is 4.84 Å². The van der Waals surface area contributed by atoms with Crippen molar-refractivity contribution in [2.24, 2.45) is 0 Å². The van der Waals surface area contributed by atoms with Gasteiger partial charge in [0.25, 0.3) is 11.8 Å². The molecule has 7 heteroatoms. The van der Waals surface area contributed by atoms with Gasteiger partial charge < -0.3 is 4.84 Å². The summed E-state index contributed by atoms with van der Waals surface area (Å²) in [5, 5.41) is 1.48. The van der Waals surface area contributed by atoms with E-state index in [1.54, 1.807) is 31.2 Å². The van der Waals surface area contributed by atoms with Crippen molar-refractivity contribution < 1.29 is 19.2 Å².